The molecule has 1 amide bonds. The second-order valence-corrected chi connectivity index (χ2v) is 4.14. The number of anilines is 1. The zero-order chi connectivity index (χ0) is 13.7. The van der Waals surface area contributed by atoms with Crippen LogP contribution >= 0.6 is 0 Å². The SMILES string of the molecule is CNc1ncccc1C(=O)NCCc1ccn(C)n1. The number of hydrogen-bond acceptors (Lipinski definition) is 4. The zero-order valence-corrected chi connectivity index (χ0v) is 11.1. The minimum atomic E-state index is -0.131. The summed E-state index contributed by atoms with van der Waals surface area (Å²) in [6.45, 7) is 0.549. The summed E-state index contributed by atoms with van der Waals surface area (Å²) in [6, 6.07) is 5.43. The largest absolute Gasteiger partial charge is 0.372 e. The maximum Gasteiger partial charge on any atom is 0.255 e. The highest BCUT2D eigenvalue weighted by molar-refractivity contribution is 5.98. The molecule has 19 heavy (non-hydrogen) atoms. The molecule has 0 aliphatic carbocycles. The lowest BCUT2D eigenvalue weighted by molar-refractivity contribution is 0.0954. The quantitative estimate of drug-likeness (QED) is 0.834. The molecular formula is C13H17N5O. The molecule has 6 heteroatoms. The molecule has 0 unspecified atom stereocenters. The van der Waals surface area contributed by atoms with Crippen molar-refractivity contribution in [3.63, 3.8) is 0 Å². The second kappa shape index (κ2) is 5.99. The molecule has 6 nitrogen and oxygen atoms in total. The molecule has 0 saturated carbocycles. The first-order valence-corrected chi connectivity index (χ1v) is 6.10. The van der Waals surface area contributed by atoms with Gasteiger partial charge in [0.15, 0.2) is 0 Å². The summed E-state index contributed by atoms with van der Waals surface area (Å²) in [5.74, 6) is 0.450. The molecule has 2 heterocycles. The van der Waals surface area contributed by atoms with Gasteiger partial charge in [-0.2, -0.15) is 5.10 Å². The summed E-state index contributed by atoms with van der Waals surface area (Å²) in [4.78, 5) is 16.1. The first-order chi connectivity index (χ1) is 9.20. The fourth-order valence-corrected chi connectivity index (χ4v) is 1.78. The third-order valence-electron chi connectivity index (χ3n) is 2.72. The van der Waals surface area contributed by atoms with Crippen molar-refractivity contribution >= 4 is 11.7 Å². The van der Waals surface area contributed by atoms with Crippen molar-refractivity contribution in [1.29, 1.82) is 0 Å². The molecule has 0 bridgehead atoms. The number of nitrogens with one attached hydrogen (secondary N) is 2. The van der Waals surface area contributed by atoms with Crippen molar-refractivity contribution in [2.45, 2.75) is 6.42 Å². The molecule has 2 rings (SSSR count). The standard InChI is InChI=1S/C13H17N5O/c1-14-12-11(4-3-7-15-12)13(19)16-8-5-10-6-9-18(2)17-10/h3-4,6-7,9H,5,8H2,1-2H3,(H,14,15)(H,16,19). The number of rotatable bonds is 5. The maximum absolute atomic E-state index is 12.0. The second-order valence-electron chi connectivity index (χ2n) is 4.14. The first-order valence-electron chi connectivity index (χ1n) is 6.10. The van der Waals surface area contributed by atoms with Gasteiger partial charge in [0.2, 0.25) is 0 Å². The Hall–Kier alpha value is -2.37. The highest BCUT2D eigenvalue weighted by Crippen LogP contribution is 2.09. The molecule has 2 aromatic rings. The number of aromatic nitrogens is 3. The van der Waals surface area contributed by atoms with Crippen molar-refractivity contribution in [3.05, 3.63) is 41.9 Å². The lowest BCUT2D eigenvalue weighted by Crippen LogP contribution is -2.26. The van der Waals surface area contributed by atoms with Crippen molar-refractivity contribution in [2.75, 3.05) is 18.9 Å². The summed E-state index contributed by atoms with van der Waals surface area (Å²) in [5.41, 5.74) is 1.51. The number of hydrogen-bond donors (Lipinski definition) is 2. The molecule has 2 N–H and O–H groups in total. The van der Waals surface area contributed by atoms with E-state index in [0.29, 0.717) is 24.3 Å². The summed E-state index contributed by atoms with van der Waals surface area (Å²) in [6.07, 6.45) is 4.25. The van der Waals surface area contributed by atoms with Crippen LogP contribution in [0.3, 0.4) is 0 Å². The topological polar surface area (TPSA) is 71.8 Å². The molecule has 0 aliphatic rings. The van der Waals surface area contributed by atoms with E-state index < -0.39 is 0 Å². The van der Waals surface area contributed by atoms with Gasteiger partial charge < -0.3 is 10.6 Å². The Morgan fingerprint density at radius 3 is 2.95 bits per heavy atom. The van der Waals surface area contributed by atoms with Crippen molar-refractivity contribution in [2.24, 2.45) is 7.05 Å². The van der Waals surface area contributed by atoms with Gasteiger partial charge in [-0.3, -0.25) is 9.48 Å². The van der Waals surface area contributed by atoms with E-state index in [-0.39, 0.29) is 5.91 Å². The molecule has 0 aliphatic heterocycles. The van der Waals surface area contributed by atoms with E-state index in [1.165, 1.54) is 0 Å². The first kappa shape index (κ1) is 13.1. The molecule has 0 aromatic carbocycles. The molecule has 2 aromatic heterocycles. The minimum Gasteiger partial charge on any atom is -0.372 e. The Labute approximate surface area is 111 Å². The van der Waals surface area contributed by atoms with E-state index in [4.69, 9.17) is 0 Å². The summed E-state index contributed by atoms with van der Waals surface area (Å²) >= 11 is 0. The van der Waals surface area contributed by atoms with E-state index in [1.807, 2.05) is 19.3 Å². The Kier molecular flexibility index (Phi) is 4.12. The fourth-order valence-electron chi connectivity index (χ4n) is 1.78. The van der Waals surface area contributed by atoms with Crippen molar-refractivity contribution in [3.8, 4) is 0 Å². The number of nitrogens with zero attached hydrogens (tertiary/aromatic N) is 3. The Morgan fingerprint density at radius 2 is 2.26 bits per heavy atom. The van der Waals surface area contributed by atoms with Crippen LogP contribution in [-0.4, -0.2) is 34.3 Å². The molecular weight excluding hydrogens is 242 g/mol. The van der Waals surface area contributed by atoms with Crippen LogP contribution in [0.5, 0.6) is 0 Å². The van der Waals surface area contributed by atoms with Crippen LogP contribution in [0.4, 0.5) is 5.82 Å². The van der Waals surface area contributed by atoms with E-state index in [2.05, 4.69) is 20.7 Å². The van der Waals surface area contributed by atoms with E-state index in [1.54, 1.807) is 30.1 Å². The maximum atomic E-state index is 12.0. The van der Waals surface area contributed by atoms with Gasteiger partial charge in [-0.25, -0.2) is 4.98 Å². The number of aryl methyl sites for hydroxylation is 1. The van der Waals surface area contributed by atoms with Gasteiger partial charge in [0, 0.05) is 39.5 Å². The molecule has 0 radical (unpaired) electrons. The third-order valence-corrected chi connectivity index (χ3v) is 2.72. The summed E-state index contributed by atoms with van der Waals surface area (Å²) in [5, 5.41) is 10.0. The lowest BCUT2D eigenvalue weighted by atomic mass is 10.2. The van der Waals surface area contributed by atoms with Crippen LogP contribution in [0, 0.1) is 0 Å². The van der Waals surface area contributed by atoms with Crippen molar-refractivity contribution < 1.29 is 4.79 Å². The number of pyridine rings is 1. The monoisotopic (exact) mass is 259 g/mol. The van der Waals surface area contributed by atoms with Gasteiger partial charge >= 0.3 is 0 Å². The third kappa shape index (κ3) is 3.31. The van der Waals surface area contributed by atoms with E-state index in [0.717, 1.165) is 5.69 Å². The molecule has 0 atom stereocenters. The van der Waals surface area contributed by atoms with Gasteiger partial charge in [-0.15, -0.1) is 0 Å². The average molecular weight is 259 g/mol. The van der Waals surface area contributed by atoms with Gasteiger partial charge in [0.1, 0.15) is 5.82 Å². The van der Waals surface area contributed by atoms with Crippen LogP contribution in [0.15, 0.2) is 30.6 Å². The van der Waals surface area contributed by atoms with Crippen LogP contribution in [-0.2, 0) is 13.5 Å². The van der Waals surface area contributed by atoms with Crippen LogP contribution in [0.25, 0.3) is 0 Å². The minimum absolute atomic E-state index is 0.131. The summed E-state index contributed by atoms with van der Waals surface area (Å²) < 4.78 is 1.75. The van der Waals surface area contributed by atoms with Crippen LogP contribution < -0.4 is 10.6 Å². The Balaban J connectivity index is 1.90. The molecule has 0 saturated heterocycles. The van der Waals surface area contributed by atoms with Gasteiger partial charge in [-0.05, 0) is 18.2 Å². The van der Waals surface area contributed by atoms with Crippen molar-refractivity contribution in [1.82, 2.24) is 20.1 Å². The Morgan fingerprint density at radius 1 is 1.42 bits per heavy atom. The summed E-state index contributed by atoms with van der Waals surface area (Å²) in [7, 11) is 3.61. The highest BCUT2D eigenvalue weighted by Gasteiger charge is 2.10. The number of amides is 1. The average Bonchev–Trinajstić information content (AvgIpc) is 2.84. The smallest absolute Gasteiger partial charge is 0.255 e. The zero-order valence-electron chi connectivity index (χ0n) is 11.1. The molecule has 0 fully saturated rings. The van der Waals surface area contributed by atoms with Crippen LogP contribution in [0.1, 0.15) is 16.1 Å². The lowest BCUT2D eigenvalue weighted by Gasteiger charge is -2.08. The van der Waals surface area contributed by atoms with Gasteiger partial charge in [0.05, 0.1) is 11.3 Å². The van der Waals surface area contributed by atoms with E-state index >= 15 is 0 Å². The number of carbonyl (C=O) groups is 1. The van der Waals surface area contributed by atoms with Gasteiger partial charge in [0.25, 0.3) is 5.91 Å². The molecule has 100 valence electrons. The van der Waals surface area contributed by atoms with Crippen LogP contribution in [0.2, 0.25) is 0 Å². The van der Waals surface area contributed by atoms with Gasteiger partial charge in [-0.1, -0.05) is 0 Å². The highest BCUT2D eigenvalue weighted by atomic mass is 16.1. The molecule has 0 spiro atoms. The van der Waals surface area contributed by atoms with E-state index in [9.17, 15) is 4.79 Å². The fraction of sp³-hybridized carbons (Fsp3) is 0.308. The predicted octanol–water partition coefficient (Wildman–Crippen LogP) is 0.829. The Bertz CT molecular complexity index is 564. The predicted molar refractivity (Wildman–Crippen MR) is 73.0 cm³/mol. The number of carbonyl (C=O) groups excluding carboxylic acids is 1. The normalized spacial score (nSPS) is 10.2.